The lowest BCUT2D eigenvalue weighted by Gasteiger charge is -2.13. The topological polar surface area (TPSA) is 64.4 Å². The van der Waals surface area contributed by atoms with Crippen molar-refractivity contribution >= 4 is 11.4 Å². The summed E-state index contributed by atoms with van der Waals surface area (Å²) in [5, 5.41) is 14.2. The molecule has 0 aliphatic heterocycles. The standard InChI is InChI=1S/C14H20N2O3/c1-10-3-4-11(7-10)9-15-13-8-12(19-2)5-6-14(13)16(17)18/h5-6,8,10-11,15H,3-4,7,9H2,1-2H3. The SMILES string of the molecule is COc1ccc([N+](=O)[O-])c(NCC2CCC(C)C2)c1. The van der Waals surface area contributed by atoms with Gasteiger partial charge in [-0.2, -0.15) is 0 Å². The number of hydrogen-bond acceptors (Lipinski definition) is 4. The molecule has 2 atom stereocenters. The Labute approximate surface area is 113 Å². The Balaban J connectivity index is 2.06. The first-order valence-electron chi connectivity index (χ1n) is 6.66. The van der Waals surface area contributed by atoms with Crippen LogP contribution in [0.2, 0.25) is 0 Å². The number of nitrogens with zero attached hydrogens (tertiary/aromatic N) is 1. The monoisotopic (exact) mass is 264 g/mol. The molecule has 1 aromatic carbocycles. The van der Waals surface area contributed by atoms with Crippen molar-refractivity contribution < 1.29 is 9.66 Å². The molecule has 1 aliphatic carbocycles. The van der Waals surface area contributed by atoms with Crippen molar-refractivity contribution in [2.45, 2.75) is 26.2 Å². The van der Waals surface area contributed by atoms with E-state index in [1.807, 2.05) is 0 Å². The van der Waals surface area contributed by atoms with Crippen molar-refractivity contribution in [2.75, 3.05) is 19.0 Å². The molecule has 2 rings (SSSR count). The Morgan fingerprint density at radius 3 is 2.84 bits per heavy atom. The molecule has 0 saturated heterocycles. The van der Waals surface area contributed by atoms with Gasteiger partial charge in [0.2, 0.25) is 0 Å². The number of nitrogens with one attached hydrogen (secondary N) is 1. The lowest BCUT2D eigenvalue weighted by molar-refractivity contribution is -0.384. The van der Waals surface area contributed by atoms with Gasteiger partial charge in [-0.15, -0.1) is 0 Å². The van der Waals surface area contributed by atoms with E-state index in [0.29, 0.717) is 17.4 Å². The predicted octanol–water partition coefficient (Wildman–Crippen LogP) is 3.45. The minimum atomic E-state index is -0.362. The second-order valence-corrected chi connectivity index (χ2v) is 5.31. The molecule has 1 saturated carbocycles. The summed E-state index contributed by atoms with van der Waals surface area (Å²) in [5.41, 5.74) is 0.649. The number of benzene rings is 1. The van der Waals surface area contributed by atoms with E-state index in [4.69, 9.17) is 4.74 Å². The van der Waals surface area contributed by atoms with Gasteiger partial charge in [0, 0.05) is 18.7 Å². The van der Waals surface area contributed by atoms with Gasteiger partial charge >= 0.3 is 0 Å². The van der Waals surface area contributed by atoms with E-state index in [-0.39, 0.29) is 10.6 Å². The fourth-order valence-corrected chi connectivity index (χ4v) is 2.71. The molecule has 1 N–H and O–H groups in total. The molecule has 0 aromatic heterocycles. The number of ether oxygens (including phenoxy) is 1. The summed E-state index contributed by atoms with van der Waals surface area (Å²) in [7, 11) is 1.56. The van der Waals surface area contributed by atoms with E-state index in [1.54, 1.807) is 19.2 Å². The molecule has 2 unspecified atom stereocenters. The van der Waals surface area contributed by atoms with Crippen LogP contribution in [-0.4, -0.2) is 18.6 Å². The molecule has 1 aromatic rings. The number of nitro groups is 1. The van der Waals surface area contributed by atoms with Gasteiger partial charge in [0.25, 0.3) is 5.69 Å². The number of methoxy groups -OCH3 is 1. The number of anilines is 1. The Morgan fingerprint density at radius 2 is 2.26 bits per heavy atom. The molecular weight excluding hydrogens is 244 g/mol. The van der Waals surface area contributed by atoms with Crippen molar-refractivity contribution in [3.63, 3.8) is 0 Å². The smallest absolute Gasteiger partial charge is 0.292 e. The third-order valence-electron chi connectivity index (χ3n) is 3.79. The molecule has 0 bridgehead atoms. The van der Waals surface area contributed by atoms with Crippen LogP contribution in [0.1, 0.15) is 26.2 Å². The number of rotatable bonds is 5. The molecule has 5 nitrogen and oxygen atoms in total. The summed E-state index contributed by atoms with van der Waals surface area (Å²) >= 11 is 0. The van der Waals surface area contributed by atoms with Crippen LogP contribution in [-0.2, 0) is 0 Å². The van der Waals surface area contributed by atoms with Crippen LogP contribution in [0.25, 0.3) is 0 Å². The Hall–Kier alpha value is -1.78. The maximum Gasteiger partial charge on any atom is 0.292 e. The second kappa shape index (κ2) is 5.91. The molecule has 19 heavy (non-hydrogen) atoms. The summed E-state index contributed by atoms with van der Waals surface area (Å²) in [6, 6.07) is 4.79. The van der Waals surface area contributed by atoms with E-state index in [0.717, 1.165) is 12.5 Å². The molecule has 1 aliphatic rings. The van der Waals surface area contributed by atoms with Gasteiger partial charge in [0.1, 0.15) is 11.4 Å². The molecule has 1 fully saturated rings. The van der Waals surface area contributed by atoms with Crippen molar-refractivity contribution in [2.24, 2.45) is 11.8 Å². The lowest BCUT2D eigenvalue weighted by Crippen LogP contribution is -2.12. The minimum absolute atomic E-state index is 0.104. The van der Waals surface area contributed by atoms with Gasteiger partial charge in [0.15, 0.2) is 0 Å². The van der Waals surface area contributed by atoms with Gasteiger partial charge < -0.3 is 10.1 Å². The van der Waals surface area contributed by atoms with Crippen LogP contribution < -0.4 is 10.1 Å². The van der Waals surface area contributed by atoms with Crippen LogP contribution in [0.5, 0.6) is 5.75 Å². The highest BCUT2D eigenvalue weighted by Gasteiger charge is 2.22. The maximum atomic E-state index is 11.0. The normalized spacial score (nSPS) is 22.2. The Bertz CT molecular complexity index is 462. The lowest BCUT2D eigenvalue weighted by atomic mass is 10.1. The van der Waals surface area contributed by atoms with E-state index in [9.17, 15) is 10.1 Å². The van der Waals surface area contributed by atoms with Crippen LogP contribution >= 0.6 is 0 Å². The summed E-state index contributed by atoms with van der Waals surface area (Å²) in [6.45, 7) is 3.05. The van der Waals surface area contributed by atoms with Crippen molar-refractivity contribution in [1.82, 2.24) is 0 Å². The highest BCUT2D eigenvalue weighted by Crippen LogP contribution is 2.33. The second-order valence-electron chi connectivity index (χ2n) is 5.31. The third-order valence-corrected chi connectivity index (χ3v) is 3.79. The summed E-state index contributed by atoms with van der Waals surface area (Å²) in [6.07, 6.45) is 3.66. The molecule has 0 radical (unpaired) electrons. The molecule has 0 spiro atoms. The zero-order chi connectivity index (χ0) is 13.8. The fraction of sp³-hybridized carbons (Fsp3) is 0.571. The highest BCUT2D eigenvalue weighted by atomic mass is 16.6. The predicted molar refractivity (Wildman–Crippen MR) is 74.6 cm³/mol. The average Bonchev–Trinajstić information content (AvgIpc) is 2.81. The van der Waals surface area contributed by atoms with Gasteiger partial charge in [-0.1, -0.05) is 13.3 Å². The van der Waals surface area contributed by atoms with Gasteiger partial charge in [-0.05, 0) is 30.7 Å². The Kier molecular flexibility index (Phi) is 4.24. The third kappa shape index (κ3) is 3.36. The molecule has 5 heteroatoms. The van der Waals surface area contributed by atoms with Crippen LogP contribution in [0.4, 0.5) is 11.4 Å². The van der Waals surface area contributed by atoms with Gasteiger partial charge in [0.05, 0.1) is 12.0 Å². The van der Waals surface area contributed by atoms with Crippen LogP contribution in [0, 0.1) is 22.0 Å². The summed E-state index contributed by atoms with van der Waals surface area (Å²) < 4.78 is 5.12. The number of hydrogen-bond donors (Lipinski definition) is 1. The van der Waals surface area contributed by atoms with E-state index < -0.39 is 0 Å². The average molecular weight is 264 g/mol. The van der Waals surface area contributed by atoms with Crippen molar-refractivity contribution in [3.05, 3.63) is 28.3 Å². The zero-order valence-electron chi connectivity index (χ0n) is 11.4. The van der Waals surface area contributed by atoms with Gasteiger partial charge in [-0.25, -0.2) is 0 Å². The zero-order valence-corrected chi connectivity index (χ0v) is 11.4. The van der Waals surface area contributed by atoms with Crippen LogP contribution in [0.3, 0.4) is 0 Å². The van der Waals surface area contributed by atoms with Crippen molar-refractivity contribution in [1.29, 1.82) is 0 Å². The highest BCUT2D eigenvalue weighted by molar-refractivity contribution is 5.64. The first kappa shape index (κ1) is 13.6. The fourth-order valence-electron chi connectivity index (χ4n) is 2.71. The van der Waals surface area contributed by atoms with Gasteiger partial charge in [-0.3, -0.25) is 10.1 Å². The summed E-state index contributed by atoms with van der Waals surface area (Å²) in [4.78, 5) is 10.6. The number of nitro benzene ring substituents is 1. The van der Waals surface area contributed by atoms with Crippen molar-refractivity contribution in [3.8, 4) is 5.75 Å². The first-order valence-corrected chi connectivity index (χ1v) is 6.66. The maximum absolute atomic E-state index is 11.0. The first-order chi connectivity index (χ1) is 9.10. The summed E-state index contributed by atoms with van der Waals surface area (Å²) in [5.74, 6) is 2.01. The van der Waals surface area contributed by atoms with Crippen LogP contribution in [0.15, 0.2) is 18.2 Å². The van der Waals surface area contributed by atoms with E-state index in [2.05, 4.69) is 12.2 Å². The molecule has 0 amide bonds. The van der Waals surface area contributed by atoms with E-state index in [1.165, 1.54) is 25.3 Å². The molecule has 0 heterocycles. The molecular formula is C14H20N2O3. The molecule has 104 valence electrons. The minimum Gasteiger partial charge on any atom is -0.497 e. The quantitative estimate of drug-likeness (QED) is 0.653. The Morgan fingerprint density at radius 1 is 1.47 bits per heavy atom. The largest absolute Gasteiger partial charge is 0.497 e. The van der Waals surface area contributed by atoms with E-state index >= 15 is 0 Å².